The summed E-state index contributed by atoms with van der Waals surface area (Å²) in [4.78, 5) is 28.6. The molecule has 2 aromatic rings. The van der Waals surface area contributed by atoms with E-state index in [2.05, 4.69) is 48.3 Å². The van der Waals surface area contributed by atoms with Crippen LogP contribution in [0.2, 0.25) is 0 Å². The minimum Gasteiger partial charge on any atom is -0.350 e. The van der Waals surface area contributed by atoms with Crippen molar-refractivity contribution in [2.75, 3.05) is 26.7 Å². The van der Waals surface area contributed by atoms with Gasteiger partial charge in [0, 0.05) is 38.8 Å². The number of hydrogen-bond donors (Lipinski definition) is 1. The van der Waals surface area contributed by atoms with Crippen molar-refractivity contribution in [3.8, 4) is 0 Å². The zero-order valence-corrected chi connectivity index (χ0v) is 18.3. The molecule has 0 aromatic heterocycles. The molecule has 1 saturated heterocycles. The Morgan fingerprint density at radius 3 is 2.20 bits per heavy atom. The zero-order chi connectivity index (χ0) is 21.5. The van der Waals surface area contributed by atoms with Gasteiger partial charge >= 0.3 is 0 Å². The van der Waals surface area contributed by atoms with Crippen molar-refractivity contribution in [3.63, 3.8) is 0 Å². The minimum atomic E-state index is -0.165. The number of benzene rings is 2. The van der Waals surface area contributed by atoms with Crippen LogP contribution in [0, 0.1) is 11.8 Å². The molecule has 0 aliphatic carbocycles. The second kappa shape index (κ2) is 10.4. The molecule has 0 saturated carbocycles. The maximum absolute atomic E-state index is 12.3. The Morgan fingerprint density at radius 1 is 0.967 bits per heavy atom. The summed E-state index contributed by atoms with van der Waals surface area (Å²) in [6.07, 6.45) is 1.32. The maximum Gasteiger partial charge on any atom is 0.254 e. The Bertz CT molecular complexity index is 825. The zero-order valence-electron chi connectivity index (χ0n) is 18.3. The predicted molar refractivity (Wildman–Crippen MR) is 120 cm³/mol. The number of amides is 2. The van der Waals surface area contributed by atoms with Crippen molar-refractivity contribution in [1.29, 1.82) is 0 Å². The van der Waals surface area contributed by atoms with E-state index < -0.39 is 0 Å². The van der Waals surface area contributed by atoms with E-state index in [1.54, 1.807) is 19.2 Å². The molecule has 2 unspecified atom stereocenters. The van der Waals surface area contributed by atoms with Crippen LogP contribution in [0.15, 0.2) is 54.6 Å². The lowest BCUT2D eigenvalue weighted by Crippen LogP contribution is -2.38. The molecule has 0 radical (unpaired) electrons. The molecule has 160 valence electrons. The lowest BCUT2D eigenvalue weighted by atomic mass is 9.91. The molecule has 30 heavy (non-hydrogen) atoms. The highest BCUT2D eigenvalue weighted by Gasteiger charge is 2.21. The summed E-state index contributed by atoms with van der Waals surface area (Å²) in [7, 11) is 1.64. The molecule has 0 bridgehead atoms. The summed E-state index contributed by atoms with van der Waals surface area (Å²) in [5, 5.41) is 2.91. The highest BCUT2D eigenvalue weighted by atomic mass is 16.2. The lowest BCUT2D eigenvalue weighted by Gasteiger charge is -2.35. The summed E-state index contributed by atoms with van der Waals surface area (Å²) < 4.78 is 0. The monoisotopic (exact) mass is 407 g/mol. The summed E-state index contributed by atoms with van der Waals surface area (Å²) >= 11 is 0. The molecule has 2 atom stereocenters. The largest absolute Gasteiger partial charge is 0.350 e. The Labute approximate surface area is 180 Å². The standard InChI is InChI=1S/C25H33N3O2/c1-19-13-20(2)16-28(15-19)17-22-11-9-21(10-12-22)14-26-24(29)18-27(3)25(30)23-7-5-4-6-8-23/h4-12,19-20H,13-18H2,1-3H3,(H,26,29). The molecule has 1 heterocycles. The first-order valence-corrected chi connectivity index (χ1v) is 10.8. The van der Waals surface area contributed by atoms with Crippen molar-refractivity contribution in [1.82, 2.24) is 15.1 Å². The van der Waals surface area contributed by atoms with Crippen molar-refractivity contribution >= 4 is 11.8 Å². The van der Waals surface area contributed by atoms with Crippen LogP contribution in [-0.4, -0.2) is 48.3 Å². The van der Waals surface area contributed by atoms with Gasteiger partial charge in [0.25, 0.3) is 5.91 Å². The lowest BCUT2D eigenvalue weighted by molar-refractivity contribution is -0.121. The van der Waals surface area contributed by atoms with E-state index in [4.69, 9.17) is 0 Å². The summed E-state index contributed by atoms with van der Waals surface area (Å²) in [6, 6.07) is 17.5. The van der Waals surface area contributed by atoms with E-state index in [-0.39, 0.29) is 18.4 Å². The number of likely N-dealkylation sites (tertiary alicyclic amines) is 1. The summed E-state index contributed by atoms with van der Waals surface area (Å²) in [5.41, 5.74) is 2.95. The molecule has 1 fully saturated rings. The highest BCUT2D eigenvalue weighted by molar-refractivity contribution is 5.96. The predicted octanol–water partition coefficient (Wildman–Crippen LogP) is 3.55. The number of carbonyl (C=O) groups excluding carboxylic acids is 2. The third-order valence-corrected chi connectivity index (χ3v) is 5.61. The number of likely N-dealkylation sites (N-methyl/N-ethyl adjacent to an activating group) is 1. The highest BCUT2D eigenvalue weighted by Crippen LogP contribution is 2.22. The number of nitrogens with zero attached hydrogens (tertiary/aromatic N) is 2. The van der Waals surface area contributed by atoms with Gasteiger partial charge < -0.3 is 10.2 Å². The van der Waals surface area contributed by atoms with Crippen LogP contribution in [0.25, 0.3) is 0 Å². The molecule has 0 spiro atoms. The third-order valence-electron chi connectivity index (χ3n) is 5.61. The molecule has 2 aromatic carbocycles. The van der Waals surface area contributed by atoms with Crippen molar-refractivity contribution < 1.29 is 9.59 Å². The molecule has 5 nitrogen and oxygen atoms in total. The Hall–Kier alpha value is -2.66. The first-order valence-electron chi connectivity index (χ1n) is 10.8. The van der Waals surface area contributed by atoms with Crippen molar-refractivity contribution in [3.05, 3.63) is 71.3 Å². The average molecular weight is 408 g/mol. The molecule has 5 heteroatoms. The molecule has 1 aliphatic heterocycles. The number of rotatable bonds is 7. The second-order valence-corrected chi connectivity index (χ2v) is 8.76. The molecular weight excluding hydrogens is 374 g/mol. The topological polar surface area (TPSA) is 52.7 Å². The van der Waals surface area contributed by atoms with Gasteiger partial charge in [-0.25, -0.2) is 0 Å². The van der Waals surface area contributed by atoms with E-state index in [1.807, 2.05) is 18.2 Å². The van der Waals surface area contributed by atoms with Crippen molar-refractivity contribution in [2.45, 2.75) is 33.4 Å². The van der Waals surface area contributed by atoms with Gasteiger partial charge in [0.2, 0.25) is 5.91 Å². The van der Waals surface area contributed by atoms with Gasteiger partial charge in [-0.1, -0.05) is 56.3 Å². The number of piperidine rings is 1. The average Bonchev–Trinajstić information content (AvgIpc) is 2.72. The molecule has 3 rings (SSSR count). The van der Waals surface area contributed by atoms with Crippen molar-refractivity contribution in [2.24, 2.45) is 11.8 Å². The fraction of sp³-hybridized carbons (Fsp3) is 0.440. The minimum absolute atomic E-state index is 0.0388. The van der Waals surface area contributed by atoms with E-state index >= 15 is 0 Å². The van der Waals surface area contributed by atoms with Crippen LogP contribution in [0.5, 0.6) is 0 Å². The Morgan fingerprint density at radius 2 is 1.57 bits per heavy atom. The fourth-order valence-electron chi connectivity index (χ4n) is 4.29. The maximum atomic E-state index is 12.3. The number of hydrogen-bond acceptors (Lipinski definition) is 3. The quantitative estimate of drug-likeness (QED) is 0.764. The van der Waals surface area contributed by atoms with Crippen LogP contribution < -0.4 is 5.32 Å². The van der Waals surface area contributed by atoms with Crippen LogP contribution in [0.4, 0.5) is 0 Å². The molecule has 1 N–H and O–H groups in total. The van der Waals surface area contributed by atoms with Gasteiger partial charge in [0.1, 0.15) is 0 Å². The van der Waals surface area contributed by atoms with Gasteiger partial charge in [-0.2, -0.15) is 0 Å². The van der Waals surface area contributed by atoms with E-state index in [1.165, 1.54) is 16.9 Å². The SMILES string of the molecule is CC1CC(C)CN(Cc2ccc(CNC(=O)CN(C)C(=O)c3ccccc3)cc2)C1. The van der Waals surface area contributed by atoms with Gasteiger partial charge in [0.15, 0.2) is 0 Å². The van der Waals surface area contributed by atoms with E-state index in [0.29, 0.717) is 12.1 Å². The van der Waals surface area contributed by atoms with Gasteiger partial charge in [-0.3, -0.25) is 14.5 Å². The van der Waals surface area contributed by atoms with Gasteiger partial charge in [-0.05, 0) is 41.5 Å². The summed E-state index contributed by atoms with van der Waals surface area (Å²) in [6.45, 7) is 8.47. The molecule has 1 aliphatic rings. The van der Waals surface area contributed by atoms with Gasteiger partial charge in [-0.15, -0.1) is 0 Å². The van der Waals surface area contributed by atoms with E-state index in [0.717, 1.165) is 37.0 Å². The molecule has 2 amide bonds. The van der Waals surface area contributed by atoms with Crippen LogP contribution in [0.1, 0.15) is 41.8 Å². The molecular formula is C25H33N3O2. The smallest absolute Gasteiger partial charge is 0.254 e. The normalized spacial score (nSPS) is 19.3. The first kappa shape index (κ1) is 22.0. The van der Waals surface area contributed by atoms with Crippen LogP contribution in [0.3, 0.4) is 0 Å². The Kier molecular flexibility index (Phi) is 7.63. The van der Waals surface area contributed by atoms with E-state index in [9.17, 15) is 9.59 Å². The first-order chi connectivity index (χ1) is 14.4. The summed E-state index contributed by atoms with van der Waals surface area (Å²) in [5.74, 6) is 1.20. The number of nitrogens with one attached hydrogen (secondary N) is 1. The van der Waals surface area contributed by atoms with Gasteiger partial charge in [0.05, 0.1) is 6.54 Å². The Balaban J connectivity index is 1.44. The third kappa shape index (κ3) is 6.42. The second-order valence-electron chi connectivity index (χ2n) is 8.76. The van der Waals surface area contributed by atoms with Crippen LogP contribution in [-0.2, 0) is 17.9 Å². The fourth-order valence-corrected chi connectivity index (χ4v) is 4.29. The van der Waals surface area contributed by atoms with Crippen LogP contribution >= 0.6 is 0 Å². The number of carbonyl (C=O) groups is 2.